The van der Waals surface area contributed by atoms with Crippen molar-refractivity contribution in [3.05, 3.63) is 28.2 Å². The largest absolute Gasteiger partial charge is 0.496 e. The van der Waals surface area contributed by atoms with Crippen molar-refractivity contribution in [3.8, 4) is 5.75 Å². The first kappa shape index (κ1) is 16.0. The molecule has 0 bridgehead atoms. The highest BCUT2D eigenvalue weighted by Gasteiger charge is 2.40. The van der Waals surface area contributed by atoms with E-state index in [9.17, 15) is 9.90 Å². The maximum atomic E-state index is 11.5. The molecule has 0 saturated heterocycles. The lowest BCUT2D eigenvalue weighted by molar-refractivity contribution is -0.150. The van der Waals surface area contributed by atoms with E-state index in [0.717, 1.165) is 10.0 Å². The van der Waals surface area contributed by atoms with Crippen LogP contribution in [0.3, 0.4) is 0 Å². The van der Waals surface area contributed by atoms with Crippen molar-refractivity contribution in [1.29, 1.82) is 0 Å². The molecule has 0 heterocycles. The number of ether oxygens (including phenoxy) is 1. The minimum absolute atomic E-state index is 0.294. The number of methoxy groups -OCH3 is 1. The van der Waals surface area contributed by atoms with Crippen LogP contribution in [0.15, 0.2) is 22.7 Å². The van der Waals surface area contributed by atoms with Crippen molar-refractivity contribution in [3.63, 3.8) is 0 Å². The molecule has 0 aliphatic heterocycles. The highest BCUT2D eigenvalue weighted by Crippen LogP contribution is 2.42. The number of hydrogen-bond donors (Lipinski definition) is 1. The van der Waals surface area contributed by atoms with Crippen molar-refractivity contribution >= 4 is 21.9 Å². The first-order chi connectivity index (χ1) is 8.71. The van der Waals surface area contributed by atoms with Gasteiger partial charge in [0.25, 0.3) is 0 Å². The van der Waals surface area contributed by atoms with Crippen LogP contribution in [0.4, 0.5) is 0 Å². The number of benzene rings is 1. The van der Waals surface area contributed by atoms with Crippen LogP contribution in [0.1, 0.15) is 25.5 Å². The van der Waals surface area contributed by atoms with E-state index in [1.807, 2.05) is 37.2 Å². The second-order valence-electron chi connectivity index (χ2n) is 5.28. The molecule has 106 valence electrons. The van der Waals surface area contributed by atoms with Crippen LogP contribution < -0.4 is 4.74 Å². The monoisotopic (exact) mass is 329 g/mol. The molecule has 0 saturated carbocycles. The summed E-state index contributed by atoms with van der Waals surface area (Å²) in [5, 5.41) is 9.48. The zero-order valence-corrected chi connectivity index (χ0v) is 13.5. The Morgan fingerprint density at radius 3 is 2.42 bits per heavy atom. The summed E-state index contributed by atoms with van der Waals surface area (Å²) in [7, 11) is 5.33. The predicted octanol–water partition coefficient (Wildman–Crippen LogP) is 3.17. The van der Waals surface area contributed by atoms with E-state index < -0.39 is 11.4 Å². The summed E-state index contributed by atoms with van der Waals surface area (Å²) in [6.07, 6.45) is 0. The first-order valence-electron chi connectivity index (χ1n) is 5.95. The molecule has 1 rings (SSSR count). The highest BCUT2D eigenvalue weighted by atomic mass is 79.9. The zero-order valence-electron chi connectivity index (χ0n) is 11.9. The number of aliphatic carboxylic acids is 1. The second kappa shape index (κ2) is 5.92. The molecule has 1 unspecified atom stereocenters. The van der Waals surface area contributed by atoms with Crippen LogP contribution in [0.2, 0.25) is 0 Å². The van der Waals surface area contributed by atoms with Crippen LogP contribution in [-0.2, 0) is 4.79 Å². The van der Waals surface area contributed by atoms with Gasteiger partial charge < -0.3 is 14.7 Å². The van der Waals surface area contributed by atoms with Gasteiger partial charge in [0.2, 0.25) is 0 Å². The zero-order chi connectivity index (χ0) is 14.8. The lowest BCUT2D eigenvalue weighted by Gasteiger charge is -2.36. The maximum absolute atomic E-state index is 11.5. The third-order valence-electron chi connectivity index (χ3n) is 3.24. The molecule has 19 heavy (non-hydrogen) atoms. The molecule has 1 aromatic carbocycles. The fraction of sp³-hybridized carbons (Fsp3) is 0.500. The molecule has 1 N–H and O–H groups in total. The van der Waals surface area contributed by atoms with E-state index in [-0.39, 0.29) is 6.04 Å². The first-order valence-corrected chi connectivity index (χ1v) is 6.74. The molecular weight excluding hydrogens is 310 g/mol. The number of carboxylic acids is 1. The summed E-state index contributed by atoms with van der Waals surface area (Å²) >= 11 is 3.43. The Morgan fingerprint density at radius 1 is 1.42 bits per heavy atom. The lowest BCUT2D eigenvalue weighted by Crippen LogP contribution is -2.39. The summed E-state index contributed by atoms with van der Waals surface area (Å²) < 4.78 is 6.27. The number of nitrogens with zero attached hydrogens (tertiary/aromatic N) is 1. The van der Waals surface area contributed by atoms with Crippen LogP contribution in [0.25, 0.3) is 0 Å². The third-order valence-corrected chi connectivity index (χ3v) is 3.73. The molecule has 0 aliphatic carbocycles. The molecule has 0 aromatic heterocycles. The summed E-state index contributed by atoms with van der Waals surface area (Å²) in [4.78, 5) is 13.4. The Kier molecular flexibility index (Phi) is 4.98. The van der Waals surface area contributed by atoms with Crippen molar-refractivity contribution in [2.24, 2.45) is 5.41 Å². The Morgan fingerprint density at radius 2 is 2.00 bits per heavy atom. The minimum atomic E-state index is -0.933. The Bertz CT molecular complexity index is 472. The fourth-order valence-electron chi connectivity index (χ4n) is 2.35. The van der Waals surface area contributed by atoms with Crippen molar-refractivity contribution < 1.29 is 14.6 Å². The summed E-state index contributed by atoms with van der Waals surface area (Å²) in [5.41, 5.74) is -0.0772. The van der Waals surface area contributed by atoms with E-state index in [2.05, 4.69) is 15.9 Å². The standard InChI is InChI=1S/C14H20BrNO3/c1-14(2,13(17)18)12(16(3)4)10-8-9(15)6-7-11(10)19-5/h6-8,12H,1-5H3,(H,17,18). The van der Waals surface area contributed by atoms with Gasteiger partial charge >= 0.3 is 5.97 Å². The number of hydrogen-bond acceptors (Lipinski definition) is 3. The number of carbonyl (C=O) groups is 1. The van der Waals surface area contributed by atoms with Gasteiger partial charge in [0.15, 0.2) is 0 Å². The van der Waals surface area contributed by atoms with Gasteiger partial charge in [0.1, 0.15) is 5.75 Å². The lowest BCUT2D eigenvalue weighted by atomic mass is 9.79. The van der Waals surface area contributed by atoms with E-state index >= 15 is 0 Å². The smallest absolute Gasteiger partial charge is 0.311 e. The fourth-order valence-corrected chi connectivity index (χ4v) is 2.73. The number of carboxylic acid groups (broad SMARTS) is 1. The predicted molar refractivity (Wildman–Crippen MR) is 78.5 cm³/mol. The van der Waals surface area contributed by atoms with Gasteiger partial charge in [-0.2, -0.15) is 0 Å². The summed E-state index contributed by atoms with van der Waals surface area (Å²) in [6.45, 7) is 3.45. The third kappa shape index (κ3) is 3.28. The quantitative estimate of drug-likeness (QED) is 0.901. The molecule has 0 fully saturated rings. The van der Waals surface area contributed by atoms with Gasteiger partial charge in [-0.1, -0.05) is 15.9 Å². The van der Waals surface area contributed by atoms with E-state index in [0.29, 0.717) is 5.75 Å². The van der Waals surface area contributed by atoms with Crippen LogP contribution in [-0.4, -0.2) is 37.2 Å². The van der Waals surface area contributed by atoms with Crippen molar-refractivity contribution in [2.75, 3.05) is 21.2 Å². The van der Waals surface area contributed by atoms with Crippen LogP contribution in [0.5, 0.6) is 5.75 Å². The molecule has 1 atom stereocenters. The highest BCUT2D eigenvalue weighted by molar-refractivity contribution is 9.10. The summed E-state index contributed by atoms with van der Waals surface area (Å²) in [5.74, 6) is -0.149. The molecule has 0 aliphatic rings. The van der Waals surface area contributed by atoms with Crippen LogP contribution in [0, 0.1) is 5.41 Å². The van der Waals surface area contributed by atoms with Crippen molar-refractivity contribution in [2.45, 2.75) is 19.9 Å². The Labute approximate surface area is 122 Å². The van der Waals surface area contributed by atoms with Gasteiger partial charge in [-0.25, -0.2) is 0 Å². The molecule has 4 nitrogen and oxygen atoms in total. The van der Waals surface area contributed by atoms with E-state index in [4.69, 9.17) is 4.74 Å². The second-order valence-corrected chi connectivity index (χ2v) is 6.19. The normalized spacial score (nSPS) is 13.4. The van der Waals surface area contributed by atoms with Gasteiger partial charge in [-0.05, 0) is 46.1 Å². The SMILES string of the molecule is COc1ccc(Br)cc1C(N(C)C)C(C)(C)C(=O)O. The number of halogens is 1. The van der Waals surface area contributed by atoms with Gasteiger partial charge in [-0.3, -0.25) is 4.79 Å². The minimum Gasteiger partial charge on any atom is -0.496 e. The Hall–Kier alpha value is -1.07. The average molecular weight is 330 g/mol. The Balaban J connectivity index is 3.43. The van der Waals surface area contributed by atoms with Gasteiger partial charge in [0, 0.05) is 10.0 Å². The average Bonchev–Trinajstić information content (AvgIpc) is 2.28. The summed E-state index contributed by atoms with van der Waals surface area (Å²) in [6, 6.07) is 5.34. The number of rotatable bonds is 5. The molecule has 0 radical (unpaired) electrons. The topological polar surface area (TPSA) is 49.8 Å². The van der Waals surface area contributed by atoms with Gasteiger partial charge in [-0.15, -0.1) is 0 Å². The van der Waals surface area contributed by atoms with E-state index in [1.165, 1.54) is 0 Å². The van der Waals surface area contributed by atoms with Crippen LogP contribution >= 0.6 is 15.9 Å². The van der Waals surface area contributed by atoms with E-state index in [1.54, 1.807) is 21.0 Å². The van der Waals surface area contributed by atoms with Crippen molar-refractivity contribution in [1.82, 2.24) is 4.90 Å². The van der Waals surface area contributed by atoms with Gasteiger partial charge in [0.05, 0.1) is 18.6 Å². The maximum Gasteiger partial charge on any atom is 0.311 e. The molecule has 0 amide bonds. The molecular formula is C14H20BrNO3. The molecule has 0 spiro atoms. The molecule has 5 heteroatoms. The molecule has 1 aromatic rings.